The van der Waals surface area contributed by atoms with Crippen molar-refractivity contribution in [1.29, 1.82) is 0 Å². The molecule has 0 fully saturated rings. The third-order valence-corrected chi connectivity index (χ3v) is 4.30. The third-order valence-electron chi connectivity index (χ3n) is 4.30. The maximum Gasteiger partial charge on any atom is 0.319 e. The zero-order chi connectivity index (χ0) is 20.5. The van der Waals surface area contributed by atoms with Crippen LogP contribution in [0.5, 0.6) is 17.2 Å². The Morgan fingerprint density at radius 2 is 1.97 bits per heavy atom. The maximum absolute atomic E-state index is 11.5. The lowest BCUT2D eigenvalue weighted by atomic mass is 10.1. The van der Waals surface area contributed by atoms with Gasteiger partial charge in [-0.15, -0.1) is 10.2 Å². The fraction of sp³-hybridized carbons (Fsp3) is 0.0526. The number of hydrogen-bond donors (Lipinski definition) is 4. The van der Waals surface area contributed by atoms with E-state index in [4.69, 9.17) is 10.5 Å². The Morgan fingerprint density at radius 1 is 1.14 bits per heavy atom. The standard InChI is InChI=1S/C19H16N6O4/c1-29-16-8-11(14(26)9-15(16)27)17-23-24-19(22-18(20)28)25(17)13-6-2-5-12-10(13)4-3-7-21-12/h2-9,26-27H,1H3,(H3,20,22,24,28). The highest BCUT2D eigenvalue weighted by Gasteiger charge is 2.22. The molecule has 2 heterocycles. The van der Waals surface area contributed by atoms with Crippen LogP contribution in [-0.4, -0.2) is 43.1 Å². The molecule has 0 saturated carbocycles. The van der Waals surface area contributed by atoms with Crippen LogP contribution in [-0.2, 0) is 0 Å². The lowest BCUT2D eigenvalue weighted by molar-refractivity contribution is 0.259. The van der Waals surface area contributed by atoms with Gasteiger partial charge in [-0.1, -0.05) is 6.07 Å². The fourth-order valence-electron chi connectivity index (χ4n) is 3.06. The topological polar surface area (TPSA) is 148 Å². The van der Waals surface area contributed by atoms with Gasteiger partial charge >= 0.3 is 6.03 Å². The molecule has 2 aromatic heterocycles. The van der Waals surface area contributed by atoms with Crippen LogP contribution in [0.4, 0.5) is 10.7 Å². The Balaban J connectivity index is 2.03. The number of phenols is 2. The average Bonchev–Trinajstić information content (AvgIpc) is 3.10. The molecule has 146 valence electrons. The summed E-state index contributed by atoms with van der Waals surface area (Å²) in [7, 11) is 1.39. The highest BCUT2D eigenvalue weighted by molar-refractivity contribution is 5.91. The number of fused-ring (bicyclic) bond motifs is 1. The van der Waals surface area contributed by atoms with Crippen molar-refractivity contribution < 1.29 is 19.7 Å². The summed E-state index contributed by atoms with van der Waals surface area (Å²) in [6.07, 6.45) is 1.67. The molecule has 0 atom stereocenters. The van der Waals surface area contributed by atoms with E-state index in [1.165, 1.54) is 17.7 Å². The van der Waals surface area contributed by atoms with E-state index in [0.29, 0.717) is 11.2 Å². The first-order chi connectivity index (χ1) is 14.0. The second-order valence-corrected chi connectivity index (χ2v) is 6.06. The Hall–Kier alpha value is -4.34. The van der Waals surface area contributed by atoms with E-state index in [0.717, 1.165) is 11.5 Å². The average molecular weight is 392 g/mol. The van der Waals surface area contributed by atoms with Crippen LogP contribution in [0.3, 0.4) is 0 Å². The lowest BCUT2D eigenvalue weighted by Gasteiger charge is -2.14. The second-order valence-electron chi connectivity index (χ2n) is 6.06. The Labute approximate surface area is 164 Å². The number of nitrogens with zero attached hydrogens (tertiary/aromatic N) is 4. The number of amides is 2. The number of primary amides is 1. The van der Waals surface area contributed by atoms with E-state index in [1.54, 1.807) is 24.4 Å². The normalized spacial score (nSPS) is 10.8. The number of nitrogens with one attached hydrogen (secondary N) is 1. The molecule has 10 heteroatoms. The van der Waals surface area contributed by atoms with Crippen LogP contribution >= 0.6 is 0 Å². The number of hydrogen-bond acceptors (Lipinski definition) is 7. The summed E-state index contributed by atoms with van der Waals surface area (Å²) in [5, 5.41) is 31.6. The number of urea groups is 1. The summed E-state index contributed by atoms with van der Waals surface area (Å²) in [5.74, 6) is -0.0989. The predicted molar refractivity (Wildman–Crippen MR) is 105 cm³/mol. The highest BCUT2D eigenvalue weighted by Crippen LogP contribution is 2.40. The van der Waals surface area contributed by atoms with Gasteiger partial charge in [-0.05, 0) is 30.3 Å². The summed E-state index contributed by atoms with van der Waals surface area (Å²) in [5.41, 5.74) is 6.82. The van der Waals surface area contributed by atoms with E-state index < -0.39 is 6.03 Å². The van der Waals surface area contributed by atoms with Gasteiger partial charge in [0, 0.05) is 17.6 Å². The van der Waals surface area contributed by atoms with Crippen molar-refractivity contribution in [2.24, 2.45) is 5.73 Å². The van der Waals surface area contributed by atoms with Gasteiger partial charge in [0.2, 0.25) is 5.95 Å². The van der Waals surface area contributed by atoms with E-state index in [9.17, 15) is 15.0 Å². The minimum atomic E-state index is -0.823. The number of aromatic nitrogens is 4. The fourth-order valence-corrected chi connectivity index (χ4v) is 3.06. The molecule has 0 aliphatic rings. The number of benzene rings is 2. The van der Waals surface area contributed by atoms with E-state index in [1.807, 2.05) is 12.1 Å². The monoisotopic (exact) mass is 392 g/mol. The van der Waals surface area contributed by atoms with Crippen molar-refractivity contribution in [1.82, 2.24) is 19.7 Å². The van der Waals surface area contributed by atoms with Crippen LogP contribution < -0.4 is 15.8 Å². The van der Waals surface area contributed by atoms with Crippen molar-refractivity contribution in [3.8, 4) is 34.3 Å². The zero-order valence-corrected chi connectivity index (χ0v) is 15.2. The van der Waals surface area contributed by atoms with Crippen LogP contribution in [0.25, 0.3) is 28.0 Å². The van der Waals surface area contributed by atoms with Crippen LogP contribution in [0.2, 0.25) is 0 Å². The van der Waals surface area contributed by atoms with Gasteiger partial charge in [0.05, 0.1) is 23.9 Å². The molecule has 4 rings (SSSR count). The van der Waals surface area contributed by atoms with Gasteiger partial charge < -0.3 is 20.7 Å². The van der Waals surface area contributed by atoms with Gasteiger partial charge in [0.1, 0.15) is 5.75 Å². The van der Waals surface area contributed by atoms with Gasteiger partial charge in [-0.2, -0.15) is 0 Å². The Morgan fingerprint density at radius 3 is 2.72 bits per heavy atom. The first-order valence-corrected chi connectivity index (χ1v) is 8.46. The predicted octanol–water partition coefficient (Wildman–Crippen LogP) is 2.39. The molecule has 10 nitrogen and oxygen atoms in total. The van der Waals surface area contributed by atoms with Crippen molar-refractivity contribution in [2.45, 2.75) is 0 Å². The van der Waals surface area contributed by atoms with Gasteiger partial charge in [-0.25, -0.2) is 4.79 Å². The van der Waals surface area contributed by atoms with Gasteiger partial charge in [0.25, 0.3) is 0 Å². The Bertz CT molecular complexity index is 1230. The van der Waals surface area contributed by atoms with Crippen molar-refractivity contribution in [2.75, 3.05) is 12.4 Å². The molecule has 5 N–H and O–H groups in total. The molecule has 0 radical (unpaired) electrons. The molecular formula is C19H16N6O4. The molecule has 0 aliphatic carbocycles. The number of rotatable bonds is 4. The largest absolute Gasteiger partial charge is 0.507 e. The first-order valence-electron chi connectivity index (χ1n) is 8.46. The molecule has 0 spiro atoms. The molecule has 4 aromatic rings. The minimum Gasteiger partial charge on any atom is -0.507 e. The molecule has 0 unspecified atom stereocenters. The van der Waals surface area contributed by atoms with Crippen molar-refractivity contribution in [3.63, 3.8) is 0 Å². The van der Waals surface area contributed by atoms with Crippen molar-refractivity contribution in [3.05, 3.63) is 48.7 Å². The first kappa shape index (κ1) is 18.0. The summed E-state index contributed by atoms with van der Waals surface area (Å²) in [6, 6.07) is 10.8. The maximum atomic E-state index is 11.5. The molecule has 2 amide bonds. The van der Waals surface area contributed by atoms with Gasteiger partial charge in [0.15, 0.2) is 17.3 Å². The number of phenolic OH excluding ortho intramolecular Hbond substituents is 2. The lowest BCUT2D eigenvalue weighted by Crippen LogP contribution is -2.22. The number of carbonyl (C=O) groups excluding carboxylic acids is 1. The number of methoxy groups -OCH3 is 1. The van der Waals surface area contributed by atoms with Crippen LogP contribution in [0, 0.1) is 0 Å². The number of aromatic hydroxyl groups is 2. The summed E-state index contributed by atoms with van der Waals surface area (Å²) >= 11 is 0. The number of nitrogens with two attached hydrogens (primary N) is 1. The van der Waals surface area contributed by atoms with Crippen LogP contribution in [0.15, 0.2) is 48.7 Å². The smallest absolute Gasteiger partial charge is 0.319 e. The molecule has 0 bridgehead atoms. The molecule has 2 aromatic carbocycles. The zero-order valence-electron chi connectivity index (χ0n) is 15.2. The number of anilines is 1. The SMILES string of the molecule is COc1cc(-c2nnc(NC(N)=O)n2-c2cccc3ncccc23)c(O)cc1O. The Kier molecular flexibility index (Phi) is 4.36. The minimum absolute atomic E-state index is 0.0512. The third kappa shape index (κ3) is 3.12. The van der Waals surface area contributed by atoms with Crippen molar-refractivity contribution >= 4 is 22.9 Å². The summed E-state index contributed by atoms with van der Waals surface area (Å²) in [4.78, 5) is 15.8. The molecular weight excluding hydrogens is 376 g/mol. The van der Waals surface area contributed by atoms with E-state index in [-0.39, 0.29) is 34.6 Å². The van der Waals surface area contributed by atoms with E-state index >= 15 is 0 Å². The molecule has 0 aliphatic heterocycles. The highest BCUT2D eigenvalue weighted by atomic mass is 16.5. The second kappa shape index (κ2) is 7.00. The molecule has 0 saturated heterocycles. The summed E-state index contributed by atoms with van der Waals surface area (Å²) in [6.45, 7) is 0. The van der Waals surface area contributed by atoms with Crippen LogP contribution in [0.1, 0.15) is 0 Å². The summed E-state index contributed by atoms with van der Waals surface area (Å²) < 4.78 is 6.66. The number of ether oxygens (including phenoxy) is 1. The number of pyridine rings is 1. The quantitative estimate of drug-likeness (QED) is 0.417. The van der Waals surface area contributed by atoms with Gasteiger partial charge in [-0.3, -0.25) is 14.9 Å². The molecule has 29 heavy (non-hydrogen) atoms. The van der Waals surface area contributed by atoms with E-state index in [2.05, 4.69) is 20.5 Å². The number of carbonyl (C=O) groups is 1.